The Morgan fingerprint density at radius 1 is 1.21 bits per heavy atom. The Morgan fingerprint density at radius 3 is 2.50 bits per heavy atom. The molecule has 0 fully saturated rings. The summed E-state index contributed by atoms with van der Waals surface area (Å²) in [7, 11) is 0.628. The van der Waals surface area contributed by atoms with Gasteiger partial charge in [-0.1, -0.05) is 11.6 Å². The van der Waals surface area contributed by atoms with Crippen LogP contribution in [0.15, 0.2) is 24.4 Å². The number of nitrogens with one attached hydrogen (secondary N) is 1. The summed E-state index contributed by atoms with van der Waals surface area (Å²) < 4.78 is 0. The topological polar surface area (TPSA) is 15.8 Å². The number of fused-ring (bicyclic) bond motifs is 1. The van der Waals surface area contributed by atoms with Gasteiger partial charge in [-0.05, 0) is 31.5 Å². The van der Waals surface area contributed by atoms with Gasteiger partial charge in [0.05, 0.1) is 0 Å². The Morgan fingerprint density at radius 2 is 1.86 bits per heavy atom. The molecule has 0 aliphatic carbocycles. The van der Waals surface area contributed by atoms with Crippen LogP contribution in [-0.4, -0.2) is 4.98 Å². The SMILES string of the molecule is Cc1ccc2[nH]cc(C)c2c1.[I][V][I]. The molecular weight excluding hydrogens is 439 g/mol. The summed E-state index contributed by atoms with van der Waals surface area (Å²) in [5.41, 5.74) is 3.87. The molecule has 1 aromatic carbocycles. The summed E-state index contributed by atoms with van der Waals surface area (Å²) in [5.74, 6) is 0. The Hall–Kier alpha value is 0.804. The summed E-state index contributed by atoms with van der Waals surface area (Å²) >= 11 is 4.74. The third kappa shape index (κ3) is 3.43. The molecule has 4 heteroatoms. The van der Waals surface area contributed by atoms with Crippen LogP contribution in [0.1, 0.15) is 11.1 Å². The maximum atomic E-state index is 3.22. The van der Waals surface area contributed by atoms with E-state index in [-0.39, 0.29) is 0 Å². The minimum atomic E-state index is 0.628. The number of benzene rings is 1. The zero-order valence-corrected chi connectivity index (χ0v) is 13.7. The molecule has 2 aromatic rings. The van der Waals surface area contributed by atoms with Crippen molar-refractivity contribution in [1.29, 1.82) is 0 Å². The van der Waals surface area contributed by atoms with Crippen LogP contribution >= 0.6 is 40.0 Å². The Balaban J connectivity index is 0.000000293. The number of hydrogen-bond donors (Lipinski definition) is 1. The van der Waals surface area contributed by atoms with Crippen LogP contribution in [0.2, 0.25) is 0 Å². The van der Waals surface area contributed by atoms with E-state index >= 15 is 0 Å². The van der Waals surface area contributed by atoms with Crippen LogP contribution in [0.25, 0.3) is 10.9 Å². The molecule has 0 amide bonds. The van der Waals surface area contributed by atoms with Gasteiger partial charge in [0.2, 0.25) is 0 Å². The molecule has 0 atom stereocenters. The number of halogens is 2. The van der Waals surface area contributed by atoms with E-state index in [9.17, 15) is 0 Å². The minimum absolute atomic E-state index is 0.628. The molecule has 0 aliphatic rings. The van der Waals surface area contributed by atoms with Gasteiger partial charge in [-0.2, -0.15) is 0 Å². The Kier molecular flexibility index (Phi) is 5.88. The van der Waals surface area contributed by atoms with Crippen molar-refractivity contribution in [2.75, 3.05) is 0 Å². The summed E-state index contributed by atoms with van der Waals surface area (Å²) in [6, 6.07) is 6.46. The summed E-state index contributed by atoms with van der Waals surface area (Å²) in [4.78, 5) is 3.22. The van der Waals surface area contributed by atoms with Gasteiger partial charge in [0, 0.05) is 17.1 Å². The van der Waals surface area contributed by atoms with Gasteiger partial charge in [0.25, 0.3) is 0 Å². The number of H-pyrrole nitrogens is 1. The van der Waals surface area contributed by atoms with Gasteiger partial charge in [-0.15, -0.1) is 0 Å². The fraction of sp³-hybridized carbons (Fsp3) is 0.200. The molecule has 0 saturated heterocycles. The first-order valence-electron chi connectivity index (χ1n) is 4.15. The zero-order valence-electron chi connectivity index (χ0n) is 8.01. The van der Waals surface area contributed by atoms with E-state index < -0.39 is 0 Å². The van der Waals surface area contributed by atoms with Gasteiger partial charge in [-0.3, -0.25) is 0 Å². The molecular formula is C10H11I2NV. The molecule has 0 aliphatic heterocycles. The fourth-order valence-corrected chi connectivity index (χ4v) is 1.37. The summed E-state index contributed by atoms with van der Waals surface area (Å²) in [6.07, 6.45) is 2.05. The monoisotopic (exact) mass is 450 g/mol. The second-order valence-corrected chi connectivity index (χ2v) is 14.9. The second kappa shape index (κ2) is 6.40. The third-order valence-corrected chi connectivity index (χ3v) is 2.04. The van der Waals surface area contributed by atoms with Gasteiger partial charge in [0.1, 0.15) is 0 Å². The molecule has 2 rings (SSSR count). The van der Waals surface area contributed by atoms with Crippen LogP contribution in [0, 0.1) is 13.8 Å². The van der Waals surface area contributed by atoms with Crippen molar-refractivity contribution in [2.24, 2.45) is 0 Å². The molecule has 1 N–H and O–H groups in total. The molecule has 0 saturated carbocycles. The first-order valence-corrected chi connectivity index (χ1v) is 13.2. The predicted octanol–water partition coefficient (Wildman–Crippen LogP) is 4.55. The number of rotatable bonds is 0. The first-order chi connectivity index (χ1) is 6.69. The van der Waals surface area contributed by atoms with Crippen LogP contribution in [0.3, 0.4) is 0 Å². The average molecular weight is 450 g/mol. The van der Waals surface area contributed by atoms with Crippen LogP contribution < -0.4 is 0 Å². The Bertz CT molecular complexity index is 411. The van der Waals surface area contributed by atoms with Crippen LogP contribution in [0.5, 0.6) is 0 Å². The van der Waals surface area contributed by atoms with Gasteiger partial charge < -0.3 is 4.98 Å². The van der Waals surface area contributed by atoms with E-state index in [1.807, 2.05) is 6.20 Å². The quantitative estimate of drug-likeness (QED) is 0.568. The number of hydrogen-bond acceptors (Lipinski definition) is 0. The molecule has 1 heterocycles. The average Bonchev–Trinajstić information content (AvgIpc) is 2.49. The van der Waals surface area contributed by atoms with Crippen molar-refractivity contribution in [3.63, 3.8) is 0 Å². The molecule has 0 spiro atoms. The molecule has 14 heavy (non-hydrogen) atoms. The van der Waals surface area contributed by atoms with Crippen molar-refractivity contribution in [1.82, 2.24) is 4.98 Å². The predicted molar refractivity (Wildman–Crippen MR) is 75.8 cm³/mol. The van der Waals surface area contributed by atoms with Crippen molar-refractivity contribution in [3.8, 4) is 0 Å². The van der Waals surface area contributed by atoms with Crippen molar-refractivity contribution in [2.45, 2.75) is 13.8 Å². The van der Waals surface area contributed by atoms with Crippen molar-refractivity contribution < 1.29 is 9.47 Å². The van der Waals surface area contributed by atoms with E-state index in [4.69, 9.17) is 0 Å². The molecule has 0 radical (unpaired) electrons. The van der Waals surface area contributed by atoms with E-state index in [0.717, 1.165) is 0 Å². The Labute approximate surface area is 113 Å². The summed E-state index contributed by atoms with van der Waals surface area (Å²) in [5, 5.41) is 1.34. The van der Waals surface area contributed by atoms with Crippen LogP contribution in [0.4, 0.5) is 0 Å². The normalized spacial score (nSPS) is 9.43. The summed E-state index contributed by atoms with van der Waals surface area (Å²) in [6.45, 7) is 4.24. The van der Waals surface area contributed by atoms with E-state index in [2.05, 4.69) is 77.0 Å². The number of aromatic amines is 1. The molecule has 1 aromatic heterocycles. The van der Waals surface area contributed by atoms with Gasteiger partial charge in [-0.25, -0.2) is 0 Å². The maximum absolute atomic E-state index is 3.22. The van der Waals surface area contributed by atoms with Crippen LogP contribution in [-0.2, 0) is 9.47 Å². The van der Waals surface area contributed by atoms with Gasteiger partial charge >= 0.3 is 49.4 Å². The third-order valence-electron chi connectivity index (χ3n) is 2.04. The molecule has 75 valence electrons. The molecule has 0 unspecified atom stereocenters. The van der Waals surface area contributed by atoms with Crippen molar-refractivity contribution in [3.05, 3.63) is 35.5 Å². The molecule has 0 bridgehead atoms. The molecule has 1 nitrogen and oxygen atoms in total. The fourth-order valence-electron chi connectivity index (χ4n) is 1.37. The van der Waals surface area contributed by atoms with Crippen molar-refractivity contribution >= 4 is 50.9 Å². The van der Waals surface area contributed by atoms with E-state index in [1.165, 1.54) is 22.0 Å². The second-order valence-electron chi connectivity index (χ2n) is 3.08. The first kappa shape index (κ1) is 12.9. The van der Waals surface area contributed by atoms with Gasteiger partial charge in [0.15, 0.2) is 0 Å². The van der Waals surface area contributed by atoms with E-state index in [0.29, 0.717) is 9.47 Å². The zero-order chi connectivity index (χ0) is 10.6. The number of aryl methyl sites for hydroxylation is 2. The van der Waals surface area contributed by atoms with E-state index in [1.54, 1.807) is 0 Å². The standard InChI is InChI=1S/C10H11N.2HI.V/c1-7-3-4-10-9(5-7)8(2)6-11-10;;;/h3-6,11H,1-2H3;2*1H;/q;;;+2/p-2. The number of aromatic nitrogens is 1.